The highest BCUT2D eigenvalue weighted by molar-refractivity contribution is 5.98. The van der Waals surface area contributed by atoms with Gasteiger partial charge in [-0.1, -0.05) is 19.1 Å². The first-order valence-electron chi connectivity index (χ1n) is 4.67. The van der Waals surface area contributed by atoms with Crippen molar-refractivity contribution < 1.29 is 4.79 Å². The Balaban J connectivity index is 2.36. The summed E-state index contributed by atoms with van der Waals surface area (Å²) >= 11 is 0. The lowest BCUT2D eigenvalue weighted by molar-refractivity contribution is -0.115. The molecule has 0 aromatic carbocycles. The van der Waals surface area contributed by atoms with E-state index in [1.807, 2.05) is 18.4 Å². The highest BCUT2D eigenvalue weighted by Crippen LogP contribution is 2.26. The monoisotopic (exact) mass is 175 g/mol. The molecule has 2 rings (SSSR count). The van der Waals surface area contributed by atoms with Crippen molar-refractivity contribution in [1.29, 1.82) is 0 Å². The number of hydrogen-bond donors (Lipinski definition) is 1. The zero-order valence-electron chi connectivity index (χ0n) is 7.66. The molecule has 0 amide bonds. The Kier molecular flexibility index (Phi) is 2.05. The Morgan fingerprint density at radius 2 is 2.38 bits per heavy atom. The van der Waals surface area contributed by atoms with Crippen LogP contribution in [-0.2, 0) is 4.79 Å². The van der Waals surface area contributed by atoms with Gasteiger partial charge in [-0.2, -0.15) is 0 Å². The molecule has 1 aliphatic heterocycles. The minimum Gasteiger partial charge on any atom is -0.378 e. The second-order valence-corrected chi connectivity index (χ2v) is 3.40. The van der Waals surface area contributed by atoms with Crippen LogP contribution in [0.5, 0.6) is 0 Å². The van der Waals surface area contributed by atoms with E-state index in [0.717, 1.165) is 6.42 Å². The van der Waals surface area contributed by atoms with E-state index >= 15 is 0 Å². The molecule has 0 aromatic heterocycles. The number of allylic oxidation sites excluding steroid dienone is 3. The van der Waals surface area contributed by atoms with Crippen LogP contribution in [0.15, 0.2) is 36.1 Å². The molecule has 2 heteroatoms. The molecule has 0 radical (unpaired) electrons. The van der Waals surface area contributed by atoms with Crippen molar-refractivity contribution >= 4 is 5.78 Å². The lowest BCUT2D eigenvalue weighted by Crippen LogP contribution is -2.40. The van der Waals surface area contributed by atoms with Gasteiger partial charge in [-0.05, 0) is 30.3 Å². The fraction of sp³-hybridized carbons (Fsp3) is 0.364. The fourth-order valence-electron chi connectivity index (χ4n) is 1.88. The molecule has 2 atom stereocenters. The molecular weight excluding hydrogens is 162 g/mol. The number of fused-ring (bicyclic) bond motifs is 1. The second kappa shape index (κ2) is 3.21. The third-order valence-corrected chi connectivity index (χ3v) is 2.63. The molecule has 2 unspecified atom stereocenters. The molecule has 1 N–H and O–H groups in total. The lowest BCUT2D eigenvalue weighted by atomic mass is 9.82. The highest BCUT2D eigenvalue weighted by Gasteiger charge is 2.28. The molecule has 2 aliphatic rings. The van der Waals surface area contributed by atoms with Crippen LogP contribution in [-0.4, -0.2) is 11.8 Å². The van der Waals surface area contributed by atoms with Crippen LogP contribution in [0.1, 0.15) is 13.3 Å². The molecule has 0 aromatic rings. The van der Waals surface area contributed by atoms with E-state index in [2.05, 4.69) is 18.3 Å². The maximum Gasteiger partial charge on any atom is 0.181 e. The molecule has 0 fully saturated rings. The Labute approximate surface area is 78.0 Å². The summed E-state index contributed by atoms with van der Waals surface area (Å²) in [4.78, 5) is 11.5. The smallest absolute Gasteiger partial charge is 0.181 e. The van der Waals surface area contributed by atoms with E-state index in [0.29, 0.717) is 5.92 Å². The summed E-state index contributed by atoms with van der Waals surface area (Å²) in [6.07, 6.45) is 10.6. The fourth-order valence-corrected chi connectivity index (χ4v) is 1.88. The van der Waals surface area contributed by atoms with Crippen molar-refractivity contribution in [1.82, 2.24) is 5.32 Å². The van der Waals surface area contributed by atoms with Gasteiger partial charge in [0.05, 0.1) is 0 Å². The van der Waals surface area contributed by atoms with Crippen LogP contribution < -0.4 is 5.32 Å². The SMILES string of the molecule is CCC1C=CC(=O)C2NC=CC=C12. The largest absolute Gasteiger partial charge is 0.378 e. The minimum atomic E-state index is -0.0973. The van der Waals surface area contributed by atoms with Crippen molar-refractivity contribution in [3.8, 4) is 0 Å². The minimum absolute atomic E-state index is 0.0973. The number of carbonyl (C=O) groups excluding carboxylic acids is 1. The first-order chi connectivity index (χ1) is 6.33. The van der Waals surface area contributed by atoms with Gasteiger partial charge in [-0.25, -0.2) is 0 Å². The van der Waals surface area contributed by atoms with Gasteiger partial charge in [-0.3, -0.25) is 4.79 Å². The zero-order valence-corrected chi connectivity index (χ0v) is 7.66. The summed E-state index contributed by atoms with van der Waals surface area (Å²) in [5, 5.41) is 3.09. The number of ketones is 1. The second-order valence-electron chi connectivity index (χ2n) is 3.40. The van der Waals surface area contributed by atoms with E-state index in [9.17, 15) is 4.79 Å². The van der Waals surface area contributed by atoms with E-state index in [1.165, 1.54) is 5.57 Å². The van der Waals surface area contributed by atoms with E-state index in [-0.39, 0.29) is 11.8 Å². The van der Waals surface area contributed by atoms with Crippen molar-refractivity contribution in [3.63, 3.8) is 0 Å². The van der Waals surface area contributed by atoms with E-state index in [1.54, 1.807) is 6.08 Å². The lowest BCUT2D eigenvalue weighted by Gasteiger charge is -2.28. The predicted octanol–water partition coefficient (Wildman–Crippen LogP) is 1.56. The molecule has 2 nitrogen and oxygen atoms in total. The number of hydrogen-bond acceptors (Lipinski definition) is 2. The summed E-state index contributed by atoms with van der Waals surface area (Å²) in [6, 6.07) is -0.0973. The van der Waals surface area contributed by atoms with Crippen molar-refractivity contribution in [2.75, 3.05) is 0 Å². The maximum atomic E-state index is 11.5. The number of carbonyl (C=O) groups is 1. The predicted molar refractivity (Wildman–Crippen MR) is 52.1 cm³/mol. The van der Waals surface area contributed by atoms with Crippen LogP contribution in [0, 0.1) is 5.92 Å². The molecule has 68 valence electrons. The first kappa shape index (κ1) is 8.30. The molecule has 0 bridgehead atoms. The van der Waals surface area contributed by atoms with Gasteiger partial charge in [0.1, 0.15) is 6.04 Å². The van der Waals surface area contributed by atoms with Crippen LogP contribution in [0.25, 0.3) is 0 Å². The van der Waals surface area contributed by atoms with Crippen molar-refractivity contribution in [2.45, 2.75) is 19.4 Å². The number of dihydropyridines is 1. The van der Waals surface area contributed by atoms with Gasteiger partial charge < -0.3 is 5.32 Å². The molecule has 13 heavy (non-hydrogen) atoms. The standard InChI is InChI=1S/C11H13NO/c1-2-8-5-6-10(13)11-9(8)4-3-7-12-11/h3-8,11-12H,2H2,1H3. The molecular formula is C11H13NO. The summed E-state index contributed by atoms with van der Waals surface area (Å²) in [6.45, 7) is 2.14. The van der Waals surface area contributed by atoms with Gasteiger partial charge in [0.25, 0.3) is 0 Å². The summed E-state index contributed by atoms with van der Waals surface area (Å²) < 4.78 is 0. The molecule has 0 saturated heterocycles. The highest BCUT2D eigenvalue weighted by atomic mass is 16.1. The van der Waals surface area contributed by atoms with Crippen LogP contribution in [0.2, 0.25) is 0 Å². The van der Waals surface area contributed by atoms with E-state index < -0.39 is 0 Å². The topological polar surface area (TPSA) is 29.1 Å². The first-order valence-corrected chi connectivity index (χ1v) is 4.67. The van der Waals surface area contributed by atoms with Crippen molar-refractivity contribution in [3.05, 3.63) is 36.1 Å². The van der Waals surface area contributed by atoms with Crippen LogP contribution in [0.3, 0.4) is 0 Å². The molecule has 1 aliphatic carbocycles. The Hall–Kier alpha value is -1.31. The van der Waals surface area contributed by atoms with Gasteiger partial charge in [0, 0.05) is 5.92 Å². The van der Waals surface area contributed by atoms with E-state index in [4.69, 9.17) is 0 Å². The quantitative estimate of drug-likeness (QED) is 0.655. The third-order valence-electron chi connectivity index (χ3n) is 2.63. The molecule has 0 spiro atoms. The summed E-state index contributed by atoms with van der Waals surface area (Å²) in [7, 11) is 0. The Morgan fingerprint density at radius 3 is 3.15 bits per heavy atom. The summed E-state index contributed by atoms with van der Waals surface area (Å²) in [5.74, 6) is 0.598. The van der Waals surface area contributed by atoms with Gasteiger partial charge in [0.2, 0.25) is 0 Å². The Morgan fingerprint density at radius 1 is 1.54 bits per heavy atom. The third kappa shape index (κ3) is 1.32. The van der Waals surface area contributed by atoms with Crippen LogP contribution in [0.4, 0.5) is 0 Å². The number of nitrogens with one attached hydrogen (secondary N) is 1. The number of rotatable bonds is 1. The summed E-state index contributed by atoms with van der Waals surface area (Å²) in [5.41, 5.74) is 1.21. The zero-order chi connectivity index (χ0) is 9.26. The molecule has 1 heterocycles. The average molecular weight is 175 g/mol. The normalized spacial score (nSPS) is 30.8. The van der Waals surface area contributed by atoms with Crippen LogP contribution >= 0.6 is 0 Å². The van der Waals surface area contributed by atoms with Gasteiger partial charge in [0.15, 0.2) is 5.78 Å². The Bertz CT molecular complexity index is 312. The average Bonchev–Trinajstić information content (AvgIpc) is 2.19. The molecule has 0 saturated carbocycles. The van der Waals surface area contributed by atoms with Gasteiger partial charge in [-0.15, -0.1) is 0 Å². The van der Waals surface area contributed by atoms with Crippen molar-refractivity contribution in [2.24, 2.45) is 5.92 Å². The maximum absolute atomic E-state index is 11.5. The van der Waals surface area contributed by atoms with Gasteiger partial charge >= 0.3 is 0 Å².